The van der Waals surface area contributed by atoms with E-state index in [9.17, 15) is 23.3 Å². The number of nitrogens with zero attached hydrogens (tertiary/aromatic N) is 2. The highest BCUT2D eigenvalue weighted by molar-refractivity contribution is 7.92. The monoisotopic (exact) mass is 384 g/mol. The Hall–Kier alpha value is -2.69. The Bertz CT molecular complexity index is 902. The molecule has 0 fully saturated rings. The van der Waals surface area contributed by atoms with Crippen molar-refractivity contribution < 1.29 is 18.1 Å². The van der Waals surface area contributed by atoms with E-state index in [4.69, 9.17) is 17.4 Å². The molecule has 0 spiro atoms. The number of anilines is 1. The molecular weight excluding hydrogens is 372 g/mol. The van der Waals surface area contributed by atoms with Crippen molar-refractivity contribution in [2.45, 2.75) is 4.90 Å². The first-order valence-electron chi connectivity index (χ1n) is 6.78. The Labute approximate surface area is 148 Å². The number of benzene rings is 2. The molecule has 1 amide bonds. The summed E-state index contributed by atoms with van der Waals surface area (Å²) < 4.78 is 26.6. The van der Waals surface area contributed by atoms with Crippen molar-refractivity contribution in [2.24, 2.45) is 5.84 Å². The van der Waals surface area contributed by atoms with Gasteiger partial charge in [-0.25, -0.2) is 14.3 Å². The number of hydrogen-bond acceptors (Lipinski definition) is 6. The molecule has 9 nitrogen and oxygen atoms in total. The SMILES string of the molecule is NNC(=O)CN(c1ccc(Cl)cc1)S(=O)(=O)c1cccc([N+](=O)[O-])c1. The number of nitro benzene ring substituents is 1. The first-order chi connectivity index (χ1) is 11.8. The minimum atomic E-state index is -4.26. The van der Waals surface area contributed by atoms with E-state index in [1.807, 2.05) is 5.43 Å². The highest BCUT2D eigenvalue weighted by Crippen LogP contribution is 2.26. The van der Waals surface area contributed by atoms with E-state index in [0.29, 0.717) is 5.02 Å². The molecule has 25 heavy (non-hydrogen) atoms. The molecule has 0 aliphatic heterocycles. The maximum Gasteiger partial charge on any atom is 0.270 e. The third-order valence-corrected chi connectivity index (χ3v) is 5.20. The van der Waals surface area contributed by atoms with Gasteiger partial charge in [-0.3, -0.25) is 24.6 Å². The molecule has 0 atom stereocenters. The molecular formula is C14H13ClN4O5S. The molecule has 132 valence electrons. The number of non-ortho nitro benzene ring substituents is 1. The van der Waals surface area contributed by atoms with Gasteiger partial charge in [-0.1, -0.05) is 17.7 Å². The average Bonchev–Trinajstić information content (AvgIpc) is 2.60. The molecule has 0 saturated carbocycles. The summed E-state index contributed by atoms with van der Waals surface area (Å²) in [6, 6.07) is 10.2. The van der Waals surface area contributed by atoms with Crippen LogP contribution in [0.1, 0.15) is 0 Å². The lowest BCUT2D eigenvalue weighted by molar-refractivity contribution is -0.385. The van der Waals surface area contributed by atoms with Crippen molar-refractivity contribution in [1.29, 1.82) is 0 Å². The standard InChI is InChI=1S/C14H13ClN4O5S/c15-10-4-6-11(7-5-10)18(9-14(20)17-16)25(23,24)13-3-1-2-12(8-13)19(21)22/h1-8H,9,16H2,(H,17,20). The quantitative estimate of drug-likeness (QED) is 0.334. The van der Waals surface area contributed by atoms with Crippen LogP contribution in [0.15, 0.2) is 53.4 Å². The van der Waals surface area contributed by atoms with Crippen LogP contribution in [-0.4, -0.2) is 25.8 Å². The van der Waals surface area contributed by atoms with E-state index in [0.717, 1.165) is 16.4 Å². The van der Waals surface area contributed by atoms with Crippen LogP contribution in [0.3, 0.4) is 0 Å². The molecule has 2 rings (SSSR count). The minimum absolute atomic E-state index is 0.152. The van der Waals surface area contributed by atoms with Gasteiger partial charge in [-0.05, 0) is 30.3 Å². The van der Waals surface area contributed by atoms with Crippen LogP contribution in [-0.2, 0) is 14.8 Å². The summed E-state index contributed by atoms with van der Waals surface area (Å²) in [4.78, 5) is 21.5. The van der Waals surface area contributed by atoms with Gasteiger partial charge in [0.15, 0.2) is 0 Å². The van der Waals surface area contributed by atoms with Crippen molar-refractivity contribution in [3.8, 4) is 0 Å². The number of amides is 1. The number of hydrogen-bond donors (Lipinski definition) is 2. The second-order valence-corrected chi connectivity index (χ2v) is 7.11. The average molecular weight is 385 g/mol. The van der Waals surface area contributed by atoms with Gasteiger partial charge in [-0.15, -0.1) is 0 Å². The van der Waals surface area contributed by atoms with Crippen molar-refractivity contribution >= 4 is 38.9 Å². The highest BCUT2D eigenvalue weighted by Gasteiger charge is 2.28. The number of carbonyl (C=O) groups is 1. The van der Waals surface area contributed by atoms with E-state index in [2.05, 4.69) is 0 Å². The first-order valence-corrected chi connectivity index (χ1v) is 8.59. The first kappa shape index (κ1) is 18.6. The van der Waals surface area contributed by atoms with Gasteiger partial charge in [-0.2, -0.15) is 0 Å². The lowest BCUT2D eigenvalue weighted by Crippen LogP contribution is -2.43. The number of nitrogens with two attached hydrogens (primary N) is 1. The van der Waals surface area contributed by atoms with Gasteiger partial charge in [0.05, 0.1) is 15.5 Å². The summed E-state index contributed by atoms with van der Waals surface area (Å²) in [6.45, 7) is -0.608. The number of nitro groups is 1. The fourth-order valence-electron chi connectivity index (χ4n) is 1.98. The molecule has 0 heterocycles. The summed E-state index contributed by atoms with van der Waals surface area (Å²) >= 11 is 5.79. The predicted octanol–water partition coefficient (Wildman–Crippen LogP) is 1.43. The third kappa shape index (κ3) is 4.24. The number of halogens is 1. The van der Waals surface area contributed by atoms with Gasteiger partial charge in [0.2, 0.25) is 0 Å². The number of nitrogens with one attached hydrogen (secondary N) is 1. The largest absolute Gasteiger partial charge is 0.293 e. The summed E-state index contributed by atoms with van der Waals surface area (Å²) in [7, 11) is -4.26. The zero-order valence-electron chi connectivity index (χ0n) is 12.6. The number of sulfonamides is 1. The lowest BCUT2D eigenvalue weighted by atomic mass is 10.3. The van der Waals surface area contributed by atoms with Gasteiger partial charge < -0.3 is 0 Å². The van der Waals surface area contributed by atoms with Crippen LogP contribution in [0, 0.1) is 10.1 Å². The predicted molar refractivity (Wildman–Crippen MR) is 91.4 cm³/mol. The Morgan fingerprint density at radius 2 is 1.88 bits per heavy atom. The number of hydrazine groups is 1. The van der Waals surface area contributed by atoms with Crippen molar-refractivity contribution in [3.63, 3.8) is 0 Å². The molecule has 0 aromatic heterocycles. The van der Waals surface area contributed by atoms with E-state index >= 15 is 0 Å². The summed E-state index contributed by atoms with van der Waals surface area (Å²) in [5.41, 5.74) is 1.61. The minimum Gasteiger partial charge on any atom is -0.293 e. The molecule has 0 aliphatic carbocycles. The van der Waals surface area contributed by atoms with Crippen LogP contribution in [0.4, 0.5) is 11.4 Å². The molecule has 2 aromatic carbocycles. The number of rotatable bonds is 6. The second kappa shape index (κ2) is 7.47. The van der Waals surface area contributed by atoms with Gasteiger partial charge in [0.1, 0.15) is 6.54 Å². The van der Waals surface area contributed by atoms with Crippen LogP contribution >= 0.6 is 11.6 Å². The molecule has 3 N–H and O–H groups in total. The van der Waals surface area contributed by atoms with Gasteiger partial charge in [0.25, 0.3) is 21.6 Å². The van der Waals surface area contributed by atoms with Crippen molar-refractivity contribution in [1.82, 2.24) is 5.43 Å². The fourth-order valence-corrected chi connectivity index (χ4v) is 3.57. The molecule has 0 saturated heterocycles. The zero-order valence-corrected chi connectivity index (χ0v) is 14.2. The Balaban J connectivity index is 2.54. The van der Waals surface area contributed by atoms with E-state index < -0.39 is 27.4 Å². The maximum absolute atomic E-state index is 12.9. The van der Waals surface area contributed by atoms with Gasteiger partial charge >= 0.3 is 0 Å². The topological polar surface area (TPSA) is 136 Å². The Morgan fingerprint density at radius 3 is 2.44 bits per heavy atom. The molecule has 0 radical (unpaired) electrons. The molecule has 0 unspecified atom stereocenters. The highest BCUT2D eigenvalue weighted by atomic mass is 35.5. The molecule has 2 aromatic rings. The fraction of sp³-hybridized carbons (Fsp3) is 0.0714. The maximum atomic E-state index is 12.9. The van der Waals surface area contributed by atoms with Crippen molar-refractivity contribution in [2.75, 3.05) is 10.8 Å². The molecule has 0 aliphatic rings. The van der Waals surface area contributed by atoms with E-state index in [1.54, 1.807) is 0 Å². The molecule has 0 bridgehead atoms. The van der Waals surface area contributed by atoms with E-state index in [-0.39, 0.29) is 16.3 Å². The Morgan fingerprint density at radius 1 is 1.24 bits per heavy atom. The van der Waals surface area contributed by atoms with E-state index in [1.165, 1.54) is 36.4 Å². The smallest absolute Gasteiger partial charge is 0.270 e. The summed E-state index contributed by atoms with van der Waals surface area (Å²) in [5, 5.41) is 11.3. The summed E-state index contributed by atoms with van der Waals surface area (Å²) in [5.74, 6) is 4.28. The van der Waals surface area contributed by atoms with Crippen LogP contribution < -0.4 is 15.6 Å². The van der Waals surface area contributed by atoms with Crippen LogP contribution in [0.2, 0.25) is 5.02 Å². The summed E-state index contributed by atoms with van der Waals surface area (Å²) in [6.07, 6.45) is 0. The molecule has 11 heteroatoms. The normalized spacial score (nSPS) is 11.0. The van der Waals surface area contributed by atoms with Gasteiger partial charge in [0, 0.05) is 17.2 Å². The van der Waals surface area contributed by atoms with Crippen molar-refractivity contribution in [3.05, 3.63) is 63.7 Å². The number of carbonyl (C=O) groups excluding carboxylic acids is 1. The lowest BCUT2D eigenvalue weighted by Gasteiger charge is -2.23. The zero-order chi connectivity index (χ0) is 18.6. The second-order valence-electron chi connectivity index (χ2n) is 4.81. The van der Waals surface area contributed by atoms with Crippen LogP contribution in [0.5, 0.6) is 0 Å². The Kier molecular flexibility index (Phi) is 5.57. The van der Waals surface area contributed by atoms with Crippen LogP contribution in [0.25, 0.3) is 0 Å². The third-order valence-electron chi connectivity index (χ3n) is 3.18.